The molecule has 0 spiro atoms. The fourth-order valence-electron chi connectivity index (χ4n) is 1.46. The summed E-state index contributed by atoms with van der Waals surface area (Å²) >= 11 is 6.03. The van der Waals surface area contributed by atoms with Gasteiger partial charge in [-0.25, -0.2) is 9.37 Å². The molecule has 0 aliphatic rings. The van der Waals surface area contributed by atoms with Crippen molar-refractivity contribution in [1.82, 2.24) is 9.55 Å². The number of halogens is 2. The lowest BCUT2D eigenvalue weighted by molar-refractivity contribution is 0.626. The highest BCUT2D eigenvalue weighted by Gasteiger charge is 2.08. The summed E-state index contributed by atoms with van der Waals surface area (Å²) in [5, 5.41) is 3.50. The molecule has 0 saturated carbocycles. The van der Waals surface area contributed by atoms with E-state index in [0.717, 1.165) is 0 Å². The predicted octanol–water partition coefficient (Wildman–Crippen LogP) is 3.26. The standard InChI is InChI=1S/C12H11ClFN3/c1-2-5-15-12-16-6-7-17(12)11-8-9(14)3-4-10(11)13/h2-4,6-8H,1,5H2,(H,15,16). The minimum absolute atomic E-state index is 0.340. The molecule has 1 N–H and O–H groups in total. The predicted molar refractivity (Wildman–Crippen MR) is 67.2 cm³/mol. The maximum Gasteiger partial charge on any atom is 0.207 e. The molecular formula is C12H11ClFN3. The Morgan fingerprint density at radius 3 is 3.12 bits per heavy atom. The lowest BCUT2D eigenvalue weighted by Gasteiger charge is -2.10. The summed E-state index contributed by atoms with van der Waals surface area (Å²) in [5.74, 6) is 0.255. The van der Waals surface area contributed by atoms with Crippen molar-refractivity contribution in [2.75, 3.05) is 11.9 Å². The number of hydrogen-bond donors (Lipinski definition) is 1. The van der Waals surface area contributed by atoms with Crippen molar-refractivity contribution >= 4 is 17.5 Å². The first-order chi connectivity index (χ1) is 8.22. The molecule has 5 heteroatoms. The van der Waals surface area contributed by atoms with Gasteiger partial charge in [0.05, 0.1) is 10.7 Å². The summed E-state index contributed by atoms with van der Waals surface area (Å²) in [6.45, 7) is 4.18. The summed E-state index contributed by atoms with van der Waals surface area (Å²) in [5.41, 5.74) is 0.552. The molecule has 0 amide bonds. The fourth-order valence-corrected chi connectivity index (χ4v) is 1.67. The molecule has 0 aliphatic carbocycles. The third kappa shape index (κ3) is 2.47. The van der Waals surface area contributed by atoms with Gasteiger partial charge in [-0.15, -0.1) is 6.58 Å². The first kappa shape index (κ1) is 11.7. The largest absolute Gasteiger partial charge is 0.352 e. The monoisotopic (exact) mass is 251 g/mol. The zero-order valence-corrected chi connectivity index (χ0v) is 9.78. The van der Waals surface area contributed by atoms with Crippen molar-refractivity contribution in [3.8, 4) is 5.69 Å². The molecule has 0 unspecified atom stereocenters. The van der Waals surface area contributed by atoms with Gasteiger partial charge in [0.2, 0.25) is 5.95 Å². The topological polar surface area (TPSA) is 29.9 Å². The van der Waals surface area contributed by atoms with E-state index >= 15 is 0 Å². The Morgan fingerprint density at radius 1 is 1.53 bits per heavy atom. The third-order valence-electron chi connectivity index (χ3n) is 2.21. The minimum Gasteiger partial charge on any atom is -0.352 e. The van der Waals surface area contributed by atoms with Gasteiger partial charge in [-0.1, -0.05) is 17.7 Å². The van der Waals surface area contributed by atoms with Crippen LogP contribution in [-0.2, 0) is 0 Å². The van der Waals surface area contributed by atoms with Gasteiger partial charge in [-0.05, 0) is 18.2 Å². The maximum atomic E-state index is 13.2. The van der Waals surface area contributed by atoms with Crippen molar-refractivity contribution in [3.05, 3.63) is 54.1 Å². The number of imidazole rings is 1. The number of aromatic nitrogens is 2. The maximum absolute atomic E-state index is 13.2. The Morgan fingerprint density at radius 2 is 2.35 bits per heavy atom. The van der Waals surface area contributed by atoms with Crippen LogP contribution in [0.15, 0.2) is 43.2 Å². The Bertz CT molecular complexity index is 536. The van der Waals surface area contributed by atoms with Gasteiger partial charge in [-0.2, -0.15) is 0 Å². The Hall–Kier alpha value is -1.81. The smallest absolute Gasteiger partial charge is 0.207 e. The lowest BCUT2D eigenvalue weighted by Crippen LogP contribution is -2.06. The van der Waals surface area contributed by atoms with E-state index in [-0.39, 0.29) is 5.82 Å². The molecule has 1 heterocycles. The van der Waals surface area contributed by atoms with Crippen molar-refractivity contribution < 1.29 is 4.39 Å². The van der Waals surface area contributed by atoms with Crippen LogP contribution in [0.2, 0.25) is 5.02 Å². The number of anilines is 1. The second-order valence-corrected chi connectivity index (χ2v) is 3.79. The van der Waals surface area contributed by atoms with E-state index < -0.39 is 0 Å². The van der Waals surface area contributed by atoms with Crippen LogP contribution >= 0.6 is 11.6 Å². The van der Waals surface area contributed by atoms with Crippen LogP contribution < -0.4 is 5.32 Å². The normalized spacial score (nSPS) is 10.2. The highest BCUT2D eigenvalue weighted by atomic mass is 35.5. The highest BCUT2D eigenvalue weighted by Crippen LogP contribution is 2.24. The van der Waals surface area contributed by atoms with Crippen molar-refractivity contribution in [1.29, 1.82) is 0 Å². The Kier molecular flexibility index (Phi) is 3.44. The van der Waals surface area contributed by atoms with Crippen LogP contribution in [0.3, 0.4) is 0 Å². The summed E-state index contributed by atoms with van der Waals surface area (Å²) in [6.07, 6.45) is 5.05. The quantitative estimate of drug-likeness (QED) is 0.846. The van der Waals surface area contributed by atoms with E-state index in [1.54, 1.807) is 23.0 Å². The zero-order valence-electron chi connectivity index (χ0n) is 9.03. The second kappa shape index (κ2) is 5.01. The number of hydrogen-bond acceptors (Lipinski definition) is 2. The average Bonchev–Trinajstić information content (AvgIpc) is 2.77. The van der Waals surface area contributed by atoms with Crippen molar-refractivity contribution in [2.24, 2.45) is 0 Å². The number of rotatable bonds is 4. The van der Waals surface area contributed by atoms with E-state index in [4.69, 9.17) is 11.6 Å². The van der Waals surface area contributed by atoms with E-state index in [1.807, 2.05) is 0 Å². The summed E-state index contributed by atoms with van der Waals surface area (Å²) < 4.78 is 14.9. The molecule has 0 aliphatic heterocycles. The molecule has 0 radical (unpaired) electrons. The van der Waals surface area contributed by atoms with Crippen molar-refractivity contribution in [3.63, 3.8) is 0 Å². The number of nitrogens with zero attached hydrogens (tertiary/aromatic N) is 2. The van der Waals surface area contributed by atoms with E-state index in [1.165, 1.54) is 18.2 Å². The molecule has 3 nitrogen and oxygen atoms in total. The molecule has 0 atom stereocenters. The average molecular weight is 252 g/mol. The van der Waals surface area contributed by atoms with Crippen LogP contribution in [0.4, 0.5) is 10.3 Å². The van der Waals surface area contributed by atoms with E-state index in [9.17, 15) is 4.39 Å². The van der Waals surface area contributed by atoms with Gasteiger partial charge in [0.15, 0.2) is 0 Å². The van der Waals surface area contributed by atoms with Crippen LogP contribution in [0.1, 0.15) is 0 Å². The molecule has 1 aromatic carbocycles. The van der Waals surface area contributed by atoms with Gasteiger partial charge in [0, 0.05) is 18.9 Å². The van der Waals surface area contributed by atoms with E-state index in [0.29, 0.717) is 23.2 Å². The molecule has 2 rings (SSSR count). The first-order valence-electron chi connectivity index (χ1n) is 5.06. The summed E-state index contributed by atoms with van der Waals surface area (Å²) in [6, 6.07) is 4.20. The molecule has 88 valence electrons. The summed E-state index contributed by atoms with van der Waals surface area (Å²) in [7, 11) is 0. The van der Waals surface area contributed by atoms with Gasteiger partial charge in [0.25, 0.3) is 0 Å². The second-order valence-electron chi connectivity index (χ2n) is 3.39. The minimum atomic E-state index is -0.340. The van der Waals surface area contributed by atoms with Gasteiger partial charge < -0.3 is 5.32 Å². The number of nitrogens with one attached hydrogen (secondary N) is 1. The SMILES string of the molecule is C=CCNc1nccn1-c1cc(F)ccc1Cl. The summed E-state index contributed by atoms with van der Waals surface area (Å²) in [4.78, 5) is 4.12. The lowest BCUT2D eigenvalue weighted by atomic mass is 10.3. The molecule has 0 saturated heterocycles. The van der Waals surface area contributed by atoms with Gasteiger partial charge in [0.1, 0.15) is 5.82 Å². The van der Waals surface area contributed by atoms with Gasteiger partial charge >= 0.3 is 0 Å². The van der Waals surface area contributed by atoms with Gasteiger partial charge in [-0.3, -0.25) is 4.57 Å². The van der Waals surface area contributed by atoms with Crippen LogP contribution in [0, 0.1) is 5.82 Å². The molecule has 2 aromatic rings. The third-order valence-corrected chi connectivity index (χ3v) is 2.53. The van der Waals surface area contributed by atoms with E-state index in [2.05, 4.69) is 16.9 Å². The zero-order chi connectivity index (χ0) is 12.3. The first-order valence-corrected chi connectivity index (χ1v) is 5.43. The van der Waals surface area contributed by atoms with Crippen LogP contribution in [0.5, 0.6) is 0 Å². The molecule has 0 bridgehead atoms. The highest BCUT2D eigenvalue weighted by molar-refractivity contribution is 6.32. The fraction of sp³-hybridized carbons (Fsp3) is 0.0833. The van der Waals surface area contributed by atoms with Crippen molar-refractivity contribution in [2.45, 2.75) is 0 Å². The molecule has 17 heavy (non-hydrogen) atoms. The van der Waals surface area contributed by atoms with Crippen LogP contribution in [-0.4, -0.2) is 16.1 Å². The van der Waals surface area contributed by atoms with Crippen LogP contribution in [0.25, 0.3) is 5.69 Å². The molecule has 1 aromatic heterocycles. The Labute approximate surface area is 104 Å². The molecular weight excluding hydrogens is 241 g/mol. The molecule has 0 fully saturated rings. The Balaban J connectivity index is 2.42. The number of benzene rings is 1.